The van der Waals surface area contributed by atoms with Gasteiger partial charge in [0.25, 0.3) is 0 Å². The van der Waals surface area contributed by atoms with Crippen molar-refractivity contribution in [1.82, 2.24) is 4.90 Å². The van der Waals surface area contributed by atoms with Gasteiger partial charge < -0.3 is 10.6 Å². The Labute approximate surface area is 152 Å². The Balaban J connectivity index is 1.64. The summed E-state index contributed by atoms with van der Waals surface area (Å²) < 4.78 is 0. The third kappa shape index (κ3) is 3.94. The zero-order valence-electron chi connectivity index (χ0n) is 13.6. The standard InChI is InChI=1S/C19H21ClN2OS/c1-13(24-16-9-7-15(20)8-10-16)19(23)22-11-17(18(21)12-22)14-5-3-2-4-6-14/h2-10,13,17-18H,11-12,21H2,1H3/t13?,17-,18+/m0/s1. The topological polar surface area (TPSA) is 46.3 Å². The number of carbonyl (C=O) groups is 1. The van der Waals surface area contributed by atoms with Gasteiger partial charge in [0, 0.05) is 35.0 Å². The quantitative estimate of drug-likeness (QED) is 0.844. The molecule has 2 aromatic carbocycles. The molecule has 2 aromatic rings. The fourth-order valence-electron chi connectivity index (χ4n) is 3.09. The first-order valence-electron chi connectivity index (χ1n) is 8.06. The SMILES string of the molecule is CC(Sc1ccc(Cl)cc1)C(=O)N1C[C@@H](N)[C@H](c2ccccc2)C1. The number of likely N-dealkylation sites (tertiary alicyclic amines) is 1. The van der Waals surface area contributed by atoms with E-state index in [1.165, 1.54) is 5.56 Å². The van der Waals surface area contributed by atoms with E-state index in [1.807, 2.05) is 54.3 Å². The molecule has 0 aromatic heterocycles. The lowest BCUT2D eigenvalue weighted by molar-refractivity contribution is -0.129. The molecule has 1 aliphatic rings. The number of thioether (sulfide) groups is 1. The Hall–Kier alpha value is -1.49. The van der Waals surface area contributed by atoms with Crippen LogP contribution in [0.4, 0.5) is 0 Å². The second-order valence-corrected chi connectivity index (χ2v) is 7.99. The molecular formula is C19H21ClN2OS. The van der Waals surface area contributed by atoms with Gasteiger partial charge in [-0.3, -0.25) is 4.79 Å². The first-order valence-corrected chi connectivity index (χ1v) is 9.32. The highest BCUT2D eigenvalue weighted by atomic mass is 35.5. The van der Waals surface area contributed by atoms with Crippen molar-refractivity contribution < 1.29 is 4.79 Å². The van der Waals surface area contributed by atoms with Crippen LogP contribution in [0.2, 0.25) is 5.02 Å². The molecule has 3 nitrogen and oxygen atoms in total. The highest BCUT2D eigenvalue weighted by Crippen LogP contribution is 2.30. The van der Waals surface area contributed by atoms with Crippen molar-refractivity contribution >= 4 is 29.3 Å². The first-order chi connectivity index (χ1) is 11.5. The largest absolute Gasteiger partial charge is 0.339 e. The summed E-state index contributed by atoms with van der Waals surface area (Å²) in [6.45, 7) is 3.25. The fraction of sp³-hybridized carbons (Fsp3) is 0.316. The number of amides is 1. The fourth-order valence-corrected chi connectivity index (χ4v) is 4.16. The van der Waals surface area contributed by atoms with Crippen LogP contribution in [0.15, 0.2) is 59.5 Å². The molecule has 24 heavy (non-hydrogen) atoms. The summed E-state index contributed by atoms with van der Waals surface area (Å²) >= 11 is 7.46. The Kier molecular flexibility index (Phi) is 5.49. The van der Waals surface area contributed by atoms with Crippen molar-refractivity contribution in [3.05, 3.63) is 65.2 Å². The Morgan fingerprint density at radius 1 is 1.17 bits per heavy atom. The highest BCUT2D eigenvalue weighted by molar-refractivity contribution is 8.00. The number of nitrogens with two attached hydrogens (primary N) is 1. The van der Waals surface area contributed by atoms with Crippen molar-refractivity contribution in [3.63, 3.8) is 0 Å². The maximum atomic E-state index is 12.8. The minimum absolute atomic E-state index is 0.0101. The second-order valence-electron chi connectivity index (χ2n) is 6.14. The number of carbonyl (C=O) groups excluding carboxylic acids is 1. The lowest BCUT2D eigenvalue weighted by Gasteiger charge is -2.20. The van der Waals surface area contributed by atoms with Crippen molar-refractivity contribution in [2.24, 2.45) is 5.73 Å². The van der Waals surface area contributed by atoms with Gasteiger partial charge in [0.1, 0.15) is 0 Å². The average Bonchev–Trinajstić information content (AvgIpc) is 2.99. The molecule has 3 atom stereocenters. The zero-order valence-corrected chi connectivity index (χ0v) is 15.1. The van der Waals surface area contributed by atoms with Gasteiger partial charge in [0.05, 0.1) is 5.25 Å². The van der Waals surface area contributed by atoms with Crippen LogP contribution in [-0.2, 0) is 4.79 Å². The van der Waals surface area contributed by atoms with E-state index in [4.69, 9.17) is 17.3 Å². The Bertz CT molecular complexity index is 692. The monoisotopic (exact) mass is 360 g/mol. The van der Waals surface area contributed by atoms with Crippen LogP contribution in [0.5, 0.6) is 0 Å². The molecule has 1 fully saturated rings. The molecule has 1 aliphatic heterocycles. The van der Waals surface area contributed by atoms with Gasteiger partial charge in [-0.1, -0.05) is 41.9 Å². The number of hydrogen-bond acceptors (Lipinski definition) is 3. The van der Waals surface area contributed by atoms with Gasteiger partial charge in [-0.15, -0.1) is 11.8 Å². The smallest absolute Gasteiger partial charge is 0.235 e. The van der Waals surface area contributed by atoms with E-state index < -0.39 is 0 Å². The van der Waals surface area contributed by atoms with E-state index >= 15 is 0 Å². The average molecular weight is 361 g/mol. The van der Waals surface area contributed by atoms with Gasteiger partial charge in [-0.25, -0.2) is 0 Å². The minimum atomic E-state index is -0.145. The van der Waals surface area contributed by atoms with E-state index in [2.05, 4.69) is 12.1 Å². The van der Waals surface area contributed by atoms with Crippen LogP contribution in [-0.4, -0.2) is 35.2 Å². The van der Waals surface area contributed by atoms with Crippen LogP contribution >= 0.6 is 23.4 Å². The van der Waals surface area contributed by atoms with Gasteiger partial charge in [-0.05, 0) is 36.8 Å². The minimum Gasteiger partial charge on any atom is -0.339 e. The van der Waals surface area contributed by atoms with Crippen LogP contribution in [0.1, 0.15) is 18.4 Å². The summed E-state index contributed by atoms with van der Waals surface area (Å²) in [7, 11) is 0. The summed E-state index contributed by atoms with van der Waals surface area (Å²) in [5.74, 6) is 0.353. The van der Waals surface area contributed by atoms with E-state index in [9.17, 15) is 4.79 Å². The Morgan fingerprint density at radius 2 is 1.83 bits per heavy atom. The molecule has 0 aliphatic carbocycles. The van der Waals surface area contributed by atoms with Crippen LogP contribution < -0.4 is 5.73 Å². The third-order valence-electron chi connectivity index (χ3n) is 4.38. The van der Waals surface area contributed by atoms with Crippen LogP contribution in [0, 0.1) is 0 Å². The molecular weight excluding hydrogens is 340 g/mol. The molecule has 0 spiro atoms. The van der Waals surface area contributed by atoms with Gasteiger partial charge in [0.2, 0.25) is 5.91 Å². The maximum absolute atomic E-state index is 12.8. The molecule has 0 saturated carbocycles. The molecule has 1 saturated heterocycles. The number of nitrogens with zero attached hydrogens (tertiary/aromatic N) is 1. The van der Waals surface area contributed by atoms with Gasteiger partial charge in [0.15, 0.2) is 0 Å². The zero-order chi connectivity index (χ0) is 17.1. The summed E-state index contributed by atoms with van der Waals surface area (Å²) in [6.07, 6.45) is 0. The van der Waals surface area contributed by atoms with Crippen molar-refractivity contribution in [2.75, 3.05) is 13.1 Å². The first kappa shape index (κ1) is 17.3. The molecule has 1 heterocycles. The Morgan fingerprint density at radius 3 is 2.50 bits per heavy atom. The molecule has 1 amide bonds. The number of halogens is 1. The van der Waals surface area contributed by atoms with Gasteiger partial charge in [-0.2, -0.15) is 0 Å². The van der Waals surface area contributed by atoms with Crippen molar-refractivity contribution in [1.29, 1.82) is 0 Å². The second kappa shape index (κ2) is 7.60. The summed E-state index contributed by atoms with van der Waals surface area (Å²) in [4.78, 5) is 15.7. The lowest BCUT2D eigenvalue weighted by Crippen LogP contribution is -2.36. The summed E-state index contributed by atoms with van der Waals surface area (Å²) in [5, 5.41) is 0.558. The molecule has 5 heteroatoms. The van der Waals surface area contributed by atoms with E-state index in [-0.39, 0.29) is 23.1 Å². The molecule has 126 valence electrons. The molecule has 0 radical (unpaired) electrons. The lowest BCUT2D eigenvalue weighted by atomic mass is 9.95. The summed E-state index contributed by atoms with van der Waals surface area (Å²) in [6, 6.07) is 17.8. The van der Waals surface area contributed by atoms with Crippen LogP contribution in [0.3, 0.4) is 0 Å². The van der Waals surface area contributed by atoms with Crippen LogP contribution in [0.25, 0.3) is 0 Å². The highest BCUT2D eigenvalue weighted by Gasteiger charge is 2.35. The van der Waals surface area contributed by atoms with E-state index in [1.54, 1.807) is 11.8 Å². The molecule has 1 unspecified atom stereocenters. The summed E-state index contributed by atoms with van der Waals surface area (Å²) in [5.41, 5.74) is 7.50. The third-order valence-corrected chi connectivity index (χ3v) is 5.73. The molecule has 3 rings (SSSR count). The molecule has 0 bridgehead atoms. The van der Waals surface area contributed by atoms with Crippen molar-refractivity contribution in [3.8, 4) is 0 Å². The maximum Gasteiger partial charge on any atom is 0.235 e. The van der Waals surface area contributed by atoms with E-state index in [0.29, 0.717) is 18.1 Å². The number of hydrogen-bond donors (Lipinski definition) is 1. The normalized spacial score (nSPS) is 21.7. The predicted octanol–water partition coefficient (Wildman–Crippen LogP) is 3.77. The number of benzene rings is 2. The van der Waals surface area contributed by atoms with Crippen molar-refractivity contribution in [2.45, 2.75) is 29.0 Å². The molecule has 2 N–H and O–H groups in total. The predicted molar refractivity (Wildman–Crippen MR) is 101 cm³/mol. The van der Waals surface area contributed by atoms with Gasteiger partial charge >= 0.3 is 0 Å². The van der Waals surface area contributed by atoms with E-state index in [0.717, 1.165) is 4.90 Å². The number of rotatable bonds is 4.